The molecule has 0 radical (unpaired) electrons. The highest BCUT2D eigenvalue weighted by molar-refractivity contribution is 7.16. The van der Waals surface area contributed by atoms with Crippen molar-refractivity contribution in [1.82, 2.24) is 10.3 Å². The molecule has 3 rings (SSSR count). The summed E-state index contributed by atoms with van der Waals surface area (Å²) in [6.07, 6.45) is 0. The van der Waals surface area contributed by atoms with Crippen molar-refractivity contribution in [1.29, 1.82) is 0 Å². The molecule has 0 aliphatic heterocycles. The Morgan fingerprint density at radius 3 is 3.05 bits per heavy atom. The molecule has 22 heavy (non-hydrogen) atoms. The second-order valence-electron chi connectivity index (χ2n) is 4.80. The lowest BCUT2D eigenvalue weighted by Crippen LogP contribution is -2.22. The Labute approximate surface area is 132 Å². The summed E-state index contributed by atoms with van der Waals surface area (Å²) in [6, 6.07) is 13.3. The molecule has 0 atom stereocenters. The minimum atomic E-state index is -0.0860. The van der Waals surface area contributed by atoms with Gasteiger partial charge in [-0.2, -0.15) is 0 Å². The molecule has 0 saturated heterocycles. The van der Waals surface area contributed by atoms with E-state index in [9.17, 15) is 4.79 Å². The molecular weight excluding hydrogens is 296 g/mol. The molecule has 0 spiro atoms. The molecule has 1 N–H and O–H groups in total. The van der Waals surface area contributed by atoms with E-state index in [0.29, 0.717) is 18.7 Å². The molecule has 112 valence electrons. The van der Waals surface area contributed by atoms with Crippen LogP contribution in [0, 0.1) is 0 Å². The summed E-state index contributed by atoms with van der Waals surface area (Å²) >= 11 is 1.53. The van der Waals surface area contributed by atoms with Crippen LogP contribution in [0.5, 0.6) is 5.75 Å². The molecule has 0 aliphatic rings. The fraction of sp³-hybridized carbons (Fsp3) is 0.176. The Morgan fingerprint density at radius 1 is 1.27 bits per heavy atom. The number of rotatable bonds is 5. The van der Waals surface area contributed by atoms with E-state index in [1.165, 1.54) is 11.3 Å². The lowest BCUT2D eigenvalue weighted by Gasteiger charge is -2.08. The zero-order valence-corrected chi connectivity index (χ0v) is 13.0. The average Bonchev–Trinajstić information content (AvgIpc) is 3.01. The Hall–Kier alpha value is -2.40. The predicted octanol–water partition coefficient (Wildman–Crippen LogP) is 3.63. The molecule has 0 unspecified atom stereocenters. The van der Waals surface area contributed by atoms with Crippen LogP contribution in [0.25, 0.3) is 10.2 Å². The summed E-state index contributed by atoms with van der Waals surface area (Å²) in [5, 5.41) is 2.93. The average molecular weight is 312 g/mol. The van der Waals surface area contributed by atoms with E-state index in [4.69, 9.17) is 4.74 Å². The quantitative estimate of drug-likeness (QED) is 0.783. The molecule has 2 aromatic carbocycles. The first-order valence-electron chi connectivity index (χ1n) is 7.09. The summed E-state index contributed by atoms with van der Waals surface area (Å²) in [5.41, 5.74) is 4.37. The highest BCUT2D eigenvalue weighted by Crippen LogP contribution is 2.19. The number of thiazole rings is 1. The second-order valence-corrected chi connectivity index (χ2v) is 5.68. The third kappa shape index (κ3) is 3.26. The summed E-state index contributed by atoms with van der Waals surface area (Å²) in [6.45, 7) is 3.05. The zero-order chi connectivity index (χ0) is 15.4. The fourth-order valence-corrected chi connectivity index (χ4v) is 2.91. The highest BCUT2D eigenvalue weighted by Gasteiger charge is 2.07. The molecule has 0 bridgehead atoms. The van der Waals surface area contributed by atoms with E-state index >= 15 is 0 Å². The monoisotopic (exact) mass is 312 g/mol. The van der Waals surface area contributed by atoms with Crippen LogP contribution in [0.1, 0.15) is 22.8 Å². The lowest BCUT2D eigenvalue weighted by molar-refractivity contribution is 0.0951. The van der Waals surface area contributed by atoms with E-state index in [0.717, 1.165) is 21.5 Å². The second kappa shape index (κ2) is 6.58. The first-order chi connectivity index (χ1) is 10.8. The van der Waals surface area contributed by atoms with Gasteiger partial charge >= 0.3 is 0 Å². The SMILES string of the molecule is CCOc1cccc(CNC(=O)c2ccc3ncsc3c2)c1. The first-order valence-corrected chi connectivity index (χ1v) is 7.97. The zero-order valence-electron chi connectivity index (χ0n) is 12.2. The molecule has 4 nitrogen and oxygen atoms in total. The van der Waals surface area contributed by atoms with Crippen molar-refractivity contribution >= 4 is 27.5 Å². The fourth-order valence-electron chi connectivity index (χ4n) is 2.19. The largest absolute Gasteiger partial charge is 0.494 e. The first kappa shape index (κ1) is 14.5. The minimum Gasteiger partial charge on any atom is -0.494 e. The van der Waals surface area contributed by atoms with E-state index in [1.807, 2.05) is 43.3 Å². The number of ether oxygens (including phenoxy) is 1. The van der Waals surface area contributed by atoms with Crippen LogP contribution in [0.3, 0.4) is 0 Å². The molecule has 1 aromatic heterocycles. The molecule has 0 saturated carbocycles. The van der Waals surface area contributed by atoms with Gasteiger partial charge in [0.05, 0.1) is 22.3 Å². The maximum atomic E-state index is 12.2. The normalized spacial score (nSPS) is 10.6. The van der Waals surface area contributed by atoms with Gasteiger partial charge in [-0.3, -0.25) is 4.79 Å². The molecule has 1 heterocycles. The number of hydrogen-bond acceptors (Lipinski definition) is 4. The van der Waals surface area contributed by atoms with Crippen molar-refractivity contribution < 1.29 is 9.53 Å². The maximum Gasteiger partial charge on any atom is 0.251 e. The van der Waals surface area contributed by atoms with Crippen molar-refractivity contribution in [3.8, 4) is 5.75 Å². The van der Waals surface area contributed by atoms with Crippen LogP contribution in [0.2, 0.25) is 0 Å². The number of fused-ring (bicyclic) bond motifs is 1. The predicted molar refractivity (Wildman–Crippen MR) is 88.4 cm³/mol. The van der Waals surface area contributed by atoms with Crippen molar-refractivity contribution in [2.24, 2.45) is 0 Å². The van der Waals surface area contributed by atoms with Gasteiger partial charge in [-0.15, -0.1) is 11.3 Å². The standard InChI is InChI=1S/C17H16N2O2S/c1-2-21-14-5-3-4-12(8-14)10-18-17(20)13-6-7-15-16(9-13)22-11-19-15/h3-9,11H,2,10H2,1H3,(H,18,20). The van der Waals surface area contributed by atoms with Crippen LogP contribution in [-0.2, 0) is 6.54 Å². The Bertz CT molecular complexity index is 798. The van der Waals surface area contributed by atoms with Crippen LogP contribution < -0.4 is 10.1 Å². The van der Waals surface area contributed by atoms with Gasteiger partial charge in [0, 0.05) is 12.1 Å². The number of benzene rings is 2. The Morgan fingerprint density at radius 2 is 2.18 bits per heavy atom. The van der Waals surface area contributed by atoms with Gasteiger partial charge in [-0.05, 0) is 42.8 Å². The smallest absolute Gasteiger partial charge is 0.251 e. The molecule has 1 amide bonds. The number of carbonyl (C=O) groups is 1. The van der Waals surface area contributed by atoms with Crippen molar-refractivity contribution in [3.63, 3.8) is 0 Å². The Kier molecular flexibility index (Phi) is 4.34. The molecule has 0 aliphatic carbocycles. The van der Waals surface area contributed by atoms with Crippen LogP contribution in [-0.4, -0.2) is 17.5 Å². The molecular formula is C17H16N2O2S. The third-order valence-corrected chi connectivity index (χ3v) is 4.05. The summed E-state index contributed by atoms with van der Waals surface area (Å²) in [5.74, 6) is 0.734. The molecule has 5 heteroatoms. The van der Waals surface area contributed by atoms with E-state index in [1.54, 1.807) is 11.6 Å². The minimum absolute atomic E-state index is 0.0860. The highest BCUT2D eigenvalue weighted by atomic mass is 32.1. The molecule has 3 aromatic rings. The summed E-state index contributed by atoms with van der Waals surface area (Å²) in [4.78, 5) is 16.4. The molecule has 0 fully saturated rings. The Balaban J connectivity index is 1.67. The number of hydrogen-bond donors (Lipinski definition) is 1. The van der Waals surface area contributed by atoms with Gasteiger partial charge in [0.1, 0.15) is 5.75 Å². The van der Waals surface area contributed by atoms with Crippen molar-refractivity contribution in [2.75, 3.05) is 6.61 Å². The lowest BCUT2D eigenvalue weighted by atomic mass is 10.2. The number of amides is 1. The van der Waals surface area contributed by atoms with E-state index in [-0.39, 0.29) is 5.91 Å². The van der Waals surface area contributed by atoms with Crippen LogP contribution >= 0.6 is 11.3 Å². The summed E-state index contributed by atoms with van der Waals surface area (Å²) < 4.78 is 6.48. The summed E-state index contributed by atoms with van der Waals surface area (Å²) in [7, 11) is 0. The van der Waals surface area contributed by atoms with Gasteiger partial charge in [0.25, 0.3) is 5.91 Å². The van der Waals surface area contributed by atoms with Crippen molar-refractivity contribution in [3.05, 3.63) is 59.1 Å². The maximum absolute atomic E-state index is 12.2. The van der Waals surface area contributed by atoms with E-state index in [2.05, 4.69) is 10.3 Å². The van der Waals surface area contributed by atoms with Gasteiger partial charge in [0.2, 0.25) is 0 Å². The van der Waals surface area contributed by atoms with E-state index < -0.39 is 0 Å². The third-order valence-electron chi connectivity index (χ3n) is 3.26. The van der Waals surface area contributed by atoms with Crippen LogP contribution in [0.15, 0.2) is 48.0 Å². The number of carbonyl (C=O) groups excluding carboxylic acids is 1. The van der Waals surface area contributed by atoms with Gasteiger partial charge < -0.3 is 10.1 Å². The topological polar surface area (TPSA) is 51.2 Å². The number of nitrogens with one attached hydrogen (secondary N) is 1. The number of aromatic nitrogens is 1. The van der Waals surface area contributed by atoms with Gasteiger partial charge in [-0.1, -0.05) is 12.1 Å². The van der Waals surface area contributed by atoms with Gasteiger partial charge in [-0.25, -0.2) is 4.98 Å². The number of nitrogens with zero attached hydrogens (tertiary/aromatic N) is 1. The van der Waals surface area contributed by atoms with Crippen molar-refractivity contribution in [2.45, 2.75) is 13.5 Å². The van der Waals surface area contributed by atoms with Crippen LogP contribution in [0.4, 0.5) is 0 Å². The van der Waals surface area contributed by atoms with Gasteiger partial charge in [0.15, 0.2) is 0 Å².